The molecule has 2 rings (SSSR count). The smallest absolute Gasteiger partial charge is 0.222 e. The lowest BCUT2D eigenvalue weighted by atomic mass is 9.84. The summed E-state index contributed by atoms with van der Waals surface area (Å²) in [7, 11) is 0. The van der Waals surface area contributed by atoms with Crippen LogP contribution in [-0.4, -0.2) is 21.9 Å². The summed E-state index contributed by atoms with van der Waals surface area (Å²) >= 11 is 5.88. The van der Waals surface area contributed by atoms with Gasteiger partial charge in [0, 0.05) is 12.1 Å². The van der Waals surface area contributed by atoms with Gasteiger partial charge in [-0.1, -0.05) is 24.4 Å². The number of carbonyl (C=O) groups is 1. The molecule has 98 valence electrons. The first-order chi connectivity index (χ1) is 8.56. The van der Waals surface area contributed by atoms with E-state index in [0.29, 0.717) is 16.8 Å². The highest BCUT2D eigenvalue weighted by Gasteiger charge is 2.29. The molecule has 18 heavy (non-hydrogen) atoms. The standard InChI is InChI=1S/C12H17ClN4O/c1-7-15-10(13)6-11(16-7)17-9-5-3-2-4-8(9)12(14)18/h6,8-9H,2-5H2,1H3,(H2,14,18)(H,15,16,17). The van der Waals surface area contributed by atoms with Gasteiger partial charge in [-0.25, -0.2) is 9.97 Å². The van der Waals surface area contributed by atoms with Crippen molar-refractivity contribution in [3.8, 4) is 0 Å². The van der Waals surface area contributed by atoms with Crippen LogP contribution in [0.3, 0.4) is 0 Å². The number of rotatable bonds is 3. The van der Waals surface area contributed by atoms with Crippen LogP contribution in [0.15, 0.2) is 6.07 Å². The summed E-state index contributed by atoms with van der Waals surface area (Å²) in [6.07, 6.45) is 3.91. The van der Waals surface area contributed by atoms with Crippen LogP contribution in [0.1, 0.15) is 31.5 Å². The van der Waals surface area contributed by atoms with Crippen molar-refractivity contribution in [2.75, 3.05) is 5.32 Å². The Morgan fingerprint density at radius 3 is 2.83 bits per heavy atom. The van der Waals surface area contributed by atoms with Crippen molar-refractivity contribution in [3.63, 3.8) is 0 Å². The third-order valence-corrected chi connectivity index (χ3v) is 3.47. The molecule has 6 heteroatoms. The summed E-state index contributed by atoms with van der Waals surface area (Å²) in [4.78, 5) is 19.7. The number of halogens is 1. The molecule has 2 unspecified atom stereocenters. The second-order valence-electron chi connectivity index (χ2n) is 4.67. The zero-order valence-electron chi connectivity index (χ0n) is 10.3. The number of nitrogens with one attached hydrogen (secondary N) is 1. The van der Waals surface area contributed by atoms with Crippen molar-refractivity contribution < 1.29 is 4.79 Å². The Hall–Kier alpha value is -1.36. The van der Waals surface area contributed by atoms with Crippen molar-refractivity contribution >= 4 is 23.3 Å². The second kappa shape index (κ2) is 5.52. The molecule has 0 radical (unpaired) electrons. The summed E-state index contributed by atoms with van der Waals surface area (Å²) in [5.41, 5.74) is 5.43. The first-order valence-electron chi connectivity index (χ1n) is 6.13. The van der Waals surface area contributed by atoms with Crippen molar-refractivity contribution in [1.29, 1.82) is 0 Å². The summed E-state index contributed by atoms with van der Waals surface area (Å²) in [5.74, 6) is 0.888. The molecule has 5 nitrogen and oxygen atoms in total. The minimum Gasteiger partial charge on any atom is -0.369 e. The Morgan fingerprint density at radius 1 is 1.44 bits per heavy atom. The van der Waals surface area contributed by atoms with E-state index in [4.69, 9.17) is 17.3 Å². The number of nitrogens with two attached hydrogens (primary N) is 1. The third kappa shape index (κ3) is 3.10. The molecule has 0 bridgehead atoms. The lowest BCUT2D eigenvalue weighted by molar-refractivity contribution is -0.122. The fraction of sp³-hybridized carbons (Fsp3) is 0.583. The predicted octanol–water partition coefficient (Wildman–Crippen LogP) is 1.89. The molecule has 1 saturated carbocycles. The topological polar surface area (TPSA) is 80.9 Å². The highest BCUT2D eigenvalue weighted by molar-refractivity contribution is 6.29. The van der Waals surface area contributed by atoms with E-state index in [-0.39, 0.29) is 17.9 Å². The highest BCUT2D eigenvalue weighted by Crippen LogP contribution is 2.27. The summed E-state index contributed by atoms with van der Waals surface area (Å²) < 4.78 is 0. The van der Waals surface area contributed by atoms with Gasteiger partial charge in [0.25, 0.3) is 0 Å². The lowest BCUT2D eigenvalue weighted by Crippen LogP contribution is -2.40. The second-order valence-corrected chi connectivity index (χ2v) is 5.05. The minimum atomic E-state index is -0.246. The summed E-state index contributed by atoms with van der Waals surface area (Å²) in [6, 6.07) is 1.71. The SMILES string of the molecule is Cc1nc(Cl)cc(NC2CCCCC2C(N)=O)n1. The summed E-state index contributed by atoms with van der Waals surface area (Å²) in [5, 5.41) is 3.66. The van der Waals surface area contributed by atoms with Crippen LogP contribution in [0.4, 0.5) is 5.82 Å². The zero-order chi connectivity index (χ0) is 13.1. The maximum Gasteiger partial charge on any atom is 0.222 e. The molecular weight excluding hydrogens is 252 g/mol. The van der Waals surface area contributed by atoms with Crippen LogP contribution in [0.5, 0.6) is 0 Å². The average Bonchev–Trinajstić information content (AvgIpc) is 2.27. The molecular formula is C12H17ClN4O. The number of hydrogen-bond donors (Lipinski definition) is 2. The van der Waals surface area contributed by atoms with Gasteiger partial charge in [0.1, 0.15) is 16.8 Å². The maximum atomic E-state index is 11.4. The Morgan fingerprint density at radius 2 is 2.17 bits per heavy atom. The Bertz CT molecular complexity index is 431. The van der Waals surface area contributed by atoms with Gasteiger partial charge in [0.15, 0.2) is 0 Å². The van der Waals surface area contributed by atoms with E-state index in [2.05, 4.69) is 15.3 Å². The van der Waals surface area contributed by atoms with Gasteiger partial charge >= 0.3 is 0 Å². The molecule has 1 aromatic heterocycles. The van der Waals surface area contributed by atoms with Crippen LogP contribution in [0.25, 0.3) is 0 Å². The molecule has 0 spiro atoms. The number of amides is 1. The van der Waals surface area contributed by atoms with Gasteiger partial charge in [-0.2, -0.15) is 0 Å². The molecule has 1 amide bonds. The largest absolute Gasteiger partial charge is 0.369 e. The molecule has 3 N–H and O–H groups in total. The maximum absolute atomic E-state index is 11.4. The molecule has 1 aliphatic rings. The van der Waals surface area contributed by atoms with Crippen molar-refractivity contribution in [2.45, 2.75) is 38.6 Å². The molecule has 0 saturated heterocycles. The van der Waals surface area contributed by atoms with E-state index >= 15 is 0 Å². The van der Waals surface area contributed by atoms with E-state index < -0.39 is 0 Å². The molecule has 2 atom stereocenters. The van der Waals surface area contributed by atoms with Gasteiger partial charge in [0.05, 0.1) is 5.92 Å². The van der Waals surface area contributed by atoms with Crippen LogP contribution in [-0.2, 0) is 4.79 Å². The van der Waals surface area contributed by atoms with Crippen LogP contribution in [0.2, 0.25) is 5.15 Å². The predicted molar refractivity (Wildman–Crippen MR) is 70.3 cm³/mol. The number of nitrogens with zero attached hydrogens (tertiary/aromatic N) is 2. The highest BCUT2D eigenvalue weighted by atomic mass is 35.5. The van der Waals surface area contributed by atoms with E-state index in [9.17, 15) is 4.79 Å². The van der Waals surface area contributed by atoms with Crippen molar-refractivity contribution in [2.24, 2.45) is 11.7 Å². The number of carbonyl (C=O) groups excluding carboxylic acids is 1. The average molecular weight is 269 g/mol. The van der Waals surface area contributed by atoms with E-state index in [1.165, 1.54) is 0 Å². The number of aryl methyl sites for hydroxylation is 1. The Labute approximate surface area is 111 Å². The molecule has 1 aromatic rings. The first kappa shape index (κ1) is 13.1. The number of hydrogen-bond acceptors (Lipinski definition) is 4. The normalized spacial score (nSPS) is 23.7. The van der Waals surface area contributed by atoms with Crippen LogP contribution in [0, 0.1) is 12.8 Å². The molecule has 0 aliphatic heterocycles. The van der Waals surface area contributed by atoms with E-state index in [1.807, 2.05) is 0 Å². The lowest BCUT2D eigenvalue weighted by Gasteiger charge is -2.30. The number of primary amides is 1. The van der Waals surface area contributed by atoms with E-state index in [1.54, 1.807) is 13.0 Å². The van der Waals surface area contributed by atoms with Gasteiger partial charge < -0.3 is 11.1 Å². The van der Waals surface area contributed by atoms with Crippen molar-refractivity contribution in [3.05, 3.63) is 17.0 Å². The van der Waals surface area contributed by atoms with Gasteiger partial charge in [-0.15, -0.1) is 0 Å². The summed E-state index contributed by atoms with van der Waals surface area (Å²) in [6.45, 7) is 1.78. The zero-order valence-corrected chi connectivity index (χ0v) is 11.1. The molecule has 0 aromatic carbocycles. The van der Waals surface area contributed by atoms with E-state index in [0.717, 1.165) is 25.7 Å². The Kier molecular flexibility index (Phi) is 4.01. The molecule has 1 heterocycles. The van der Waals surface area contributed by atoms with Crippen LogP contribution >= 0.6 is 11.6 Å². The quantitative estimate of drug-likeness (QED) is 0.821. The molecule has 1 aliphatic carbocycles. The monoisotopic (exact) mass is 268 g/mol. The van der Waals surface area contributed by atoms with Crippen LogP contribution < -0.4 is 11.1 Å². The number of aromatic nitrogens is 2. The number of anilines is 1. The fourth-order valence-corrected chi connectivity index (χ4v) is 2.66. The van der Waals surface area contributed by atoms with Crippen molar-refractivity contribution in [1.82, 2.24) is 9.97 Å². The fourth-order valence-electron chi connectivity index (χ4n) is 2.44. The van der Waals surface area contributed by atoms with Gasteiger partial charge in [-0.05, 0) is 19.8 Å². The Balaban J connectivity index is 2.13. The minimum absolute atomic E-state index is 0.0432. The van der Waals surface area contributed by atoms with Gasteiger partial charge in [0.2, 0.25) is 5.91 Å². The molecule has 1 fully saturated rings. The third-order valence-electron chi connectivity index (χ3n) is 3.27. The first-order valence-corrected chi connectivity index (χ1v) is 6.51. The van der Waals surface area contributed by atoms with Gasteiger partial charge in [-0.3, -0.25) is 4.79 Å².